The molecular formula is C14H19NS2. The minimum atomic E-state index is 0.450. The molecule has 1 aliphatic rings. The summed E-state index contributed by atoms with van der Waals surface area (Å²) in [5.41, 5.74) is 1.36. The summed E-state index contributed by atoms with van der Waals surface area (Å²) in [6.45, 7) is 4.52. The molecular weight excluding hydrogens is 246 g/mol. The fourth-order valence-electron chi connectivity index (χ4n) is 2.09. The largest absolute Gasteiger partial charge is 0.358 e. The number of benzene rings is 1. The van der Waals surface area contributed by atoms with Crippen LogP contribution in [-0.2, 0) is 0 Å². The van der Waals surface area contributed by atoms with E-state index in [9.17, 15) is 0 Å². The Morgan fingerprint density at radius 1 is 1.18 bits per heavy atom. The summed E-state index contributed by atoms with van der Waals surface area (Å²) < 4.78 is 1.07. The lowest BCUT2D eigenvalue weighted by Gasteiger charge is -2.29. The van der Waals surface area contributed by atoms with Crippen molar-refractivity contribution in [3.63, 3.8) is 0 Å². The van der Waals surface area contributed by atoms with E-state index in [-0.39, 0.29) is 0 Å². The molecule has 1 aromatic carbocycles. The minimum Gasteiger partial charge on any atom is -0.358 e. The number of thiocarbonyl (C=S) groups is 1. The summed E-state index contributed by atoms with van der Waals surface area (Å²) in [6, 6.07) is 10.6. The molecule has 1 nitrogen and oxygen atoms in total. The second-order valence-electron chi connectivity index (χ2n) is 4.48. The van der Waals surface area contributed by atoms with Crippen molar-refractivity contribution in [2.24, 2.45) is 0 Å². The lowest BCUT2D eigenvalue weighted by molar-refractivity contribution is 0.352. The number of hydrogen-bond donors (Lipinski definition) is 0. The molecule has 1 unspecified atom stereocenters. The van der Waals surface area contributed by atoms with E-state index in [2.05, 4.69) is 42.2 Å². The van der Waals surface area contributed by atoms with Crippen molar-refractivity contribution in [1.29, 1.82) is 0 Å². The second kappa shape index (κ2) is 6.41. The highest BCUT2D eigenvalue weighted by atomic mass is 32.2. The Morgan fingerprint density at radius 3 is 2.47 bits per heavy atom. The van der Waals surface area contributed by atoms with Gasteiger partial charge in [0.25, 0.3) is 0 Å². The van der Waals surface area contributed by atoms with Crippen LogP contribution in [0.5, 0.6) is 0 Å². The van der Waals surface area contributed by atoms with Crippen LogP contribution < -0.4 is 0 Å². The van der Waals surface area contributed by atoms with E-state index in [4.69, 9.17) is 12.2 Å². The van der Waals surface area contributed by atoms with Crippen molar-refractivity contribution in [3.05, 3.63) is 35.9 Å². The smallest absolute Gasteiger partial charge is 0.136 e. The fourth-order valence-corrected chi connectivity index (χ4v) is 3.64. The third kappa shape index (κ3) is 3.71. The fraction of sp³-hybridized carbons (Fsp3) is 0.500. The highest BCUT2D eigenvalue weighted by Crippen LogP contribution is 2.31. The van der Waals surface area contributed by atoms with Crippen molar-refractivity contribution in [2.45, 2.75) is 31.4 Å². The Balaban J connectivity index is 1.89. The van der Waals surface area contributed by atoms with Gasteiger partial charge in [0.1, 0.15) is 4.32 Å². The third-order valence-electron chi connectivity index (χ3n) is 3.16. The summed E-state index contributed by atoms with van der Waals surface area (Å²) in [5.74, 6) is 0. The SMILES string of the molecule is CC(SC(=S)N1CCCCC1)c1ccccc1. The van der Waals surface area contributed by atoms with E-state index < -0.39 is 0 Å². The first-order valence-electron chi connectivity index (χ1n) is 6.28. The second-order valence-corrected chi connectivity index (χ2v) is 6.46. The van der Waals surface area contributed by atoms with Crippen LogP contribution >= 0.6 is 24.0 Å². The van der Waals surface area contributed by atoms with Gasteiger partial charge >= 0.3 is 0 Å². The predicted molar refractivity (Wildman–Crippen MR) is 80.5 cm³/mol. The Labute approximate surface area is 114 Å². The van der Waals surface area contributed by atoms with E-state index >= 15 is 0 Å². The average Bonchev–Trinajstić information content (AvgIpc) is 2.40. The molecule has 1 saturated heterocycles. The molecule has 1 heterocycles. The number of rotatable bonds is 2. The van der Waals surface area contributed by atoms with Crippen molar-refractivity contribution in [3.8, 4) is 0 Å². The summed E-state index contributed by atoms with van der Waals surface area (Å²) in [7, 11) is 0. The van der Waals surface area contributed by atoms with Gasteiger partial charge in [0.15, 0.2) is 0 Å². The topological polar surface area (TPSA) is 3.24 Å². The quantitative estimate of drug-likeness (QED) is 0.736. The molecule has 17 heavy (non-hydrogen) atoms. The van der Waals surface area contributed by atoms with E-state index in [1.54, 1.807) is 0 Å². The van der Waals surface area contributed by atoms with Gasteiger partial charge in [-0.2, -0.15) is 0 Å². The highest BCUT2D eigenvalue weighted by molar-refractivity contribution is 8.23. The molecule has 1 fully saturated rings. The van der Waals surface area contributed by atoms with Crippen molar-refractivity contribution in [2.75, 3.05) is 13.1 Å². The summed E-state index contributed by atoms with van der Waals surface area (Å²) >= 11 is 7.36. The maximum Gasteiger partial charge on any atom is 0.136 e. The molecule has 92 valence electrons. The number of piperidine rings is 1. The normalized spacial score (nSPS) is 17.8. The Hall–Kier alpha value is -0.540. The maximum atomic E-state index is 5.54. The molecule has 1 atom stereocenters. The monoisotopic (exact) mass is 265 g/mol. The van der Waals surface area contributed by atoms with Crippen LogP contribution in [0.15, 0.2) is 30.3 Å². The van der Waals surface area contributed by atoms with Gasteiger partial charge < -0.3 is 4.90 Å². The Bertz CT molecular complexity index is 358. The number of hydrogen-bond acceptors (Lipinski definition) is 2. The zero-order valence-electron chi connectivity index (χ0n) is 10.3. The average molecular weight is 265 g/mol. The van der Waals surface area contributed by atoms with Gasteiger partial charge in [-0.15, -0.1) is 0 Å². The van der Waals surface area contributed by atoms with Gasteiger partial charge in [-0.1, -0.05) is 54.3 Å². The highest BCUT2D eigenvalue weighted by Gasteiger charge is 2.16. The van der Waals surface area contributed by atoms with Gasteiger partial charge in [0.2, 0.25) is 0 Å². The molecule has 0 saturated carbocycles. The van der Waals surface area contributed by atoms with Gasteiger partial charge in [-0.25, -0.2) is 0 Å². The van der Waals surface area contributed by atoms with Crippen LogP contribution in [0.1, 0.15) is 37.0 Å². The van der Waals surface area contributed by atoms with Gasteiger partial charge in [0, 0.05) is 18.3 Å². The van der Waals surface area contributed by atoms with Crippen LogP contribution in [0.3, 0.4) is 0 Å². The standard InChI is InChI=1S/C14H19NS2/c1-12(13-8-4-2-5-9-13)17-14(16)15-10-6-3-7-11-15/h2,4-5,8-9,12H,3,6-7,10-11H2,1H3. The van der Waals surface area contributed by atoms with Crippen molar-refractivity contribution in [1.82, 2.24) is 4.90 Å². The first kappa shape index (κ1) is 12.9. The number of thioether (sulfide) groups is 1. The third-order valence-corrected chi connectivity index (χ3v) is 4.79. The lowest BCUT2D eigenvalue weighted by atomic mass is 10.1. The molecule has 1 aromatic rings. The van der Waals surface area contributed by atoms with Crippen LogP contribution in [0.4, 0.5) is 0 Å². The van der Waals surface area contributed by atoms with Crippen LogP contribution in [0.2, 0.25) is 0 Å². The molecule has 2 rings (SSSR count). The molecule has 0 spiro atoms. The van der Waals surface area contributed by atoms with Gasteiger partial charge in [-0.3, -0.25) is 0 Å². The Kier molecular flexibility index (Phi) is 4.86. The number of likely N-dealkylation sites (tertiary alicyclic amines) is 1. The maximum absolute atomic E-state index is 5.54. The summed E-state index contributed by atoms with van der Waals surface area (Å²) in [5, 5.41) is 0.450. The van der Waals surface area contributed by atoms with Gasteiger partial charge in [0.05, 0.1) is 0 Å². The number of nitrogens with zero attached hydrogens (tertiary/aromatic N) is 1. The van der Waals surface area contributed by atoms with E-state index in [0.717, 1.165) is 17.4 Å². The van der Waals surface area contributed by atoms with E-state index in [1.165, 1.54) is 24.8 Å². The molecule has 0 bridgehead atoms. The van der Waals surface area contributed by atoms with Crippen molar-refractivity contribution < 1.29 is 0 Å². The molecule has 0 aliphatic carbocycles. The van der Waals surface area contributed by atoms with Crippen LogP contribution in [-0.4, -0.2) is 22.3 Å². The van der Waals surface area contributed by atoms with Crippen molar-refractivity contribution >= 4 is 28.3 Å². The Morgan fingerprint density at radius 2 is 1.82 bits per heavy atom. The molecule has 1 aliphatic heterocycles. The van der Waals surface area contributed by atoms with Gasteiger partial charge in [-0.05, 0) is 31.7 Å². The zero-order valence-corrected chi connectivity index (χ0v) is 11.9. The molecule has 3 heteroatoms. The zero-order chi connectivity index (χ0) is 12.1. The summed E-state index contributed by atoms with van der Waals surface area (Å²) in [4.78, 5) is 2.36. The molecule has 0 amide bonds. The lowest BCUT2D eigenvalue weighted by Crippen LogP contribution is -2.32. The predicted octanol–water partition coefficient (Wildman–Crippen LogP) is 4.25. The molecule has 0 N–H and O–H groups in total. The first-order valence-corrected chi connectivity index (χ1v) is 7.56. The van der Waals surface area contributed by atoms with Crippen LogP contribution in [0.25, 0.3) is 0 Å². The molecule has 0 aromatic heterocycles. The van der Waals surface area contributed by atoms with Crippen LogP contribution in [0, 0.1) is 0 Å². The first-order chi connectivity index (χ1) is 8.27. The van der Waals surface area contributed by atoms with E-state index in [0.29, 0.717) is 5.25 Å². The summed E-state index contributed by atoms with van der Waals surface area (Å²) in [6.07, 6.45) is 3.94. The minimum absolute atomic E-state index is 0.450. The van der Waals surface area contributed by atoms with E-state index in [1.807, 2.05) is 11.8 Å². The molecule has 0 radical (unpaired) electrons.